The molecule has 0 saturated carbocycles. The summed E-state index contributed by atoms with van der Waals surface area (Å²) in [6, 6.07) is 5.02. The van der Waals surface area contributed by atoms with Crippen LogP contribution in [-0.2, 0) is 0 Å². The minimum atomic E-state index is -0.388. The first-order valence-electron chi connectivity index (χ1n) is 6.89. The predicted molar refractivity (Wildman–Crippen MR) is 83.4 cm³/mol. The first kappa shape index (κ1) is 15.5. The van der Waals surface area contributed by atoms with E-state index in [1.165, 1.54) is 17.4 Å². The molecule has 1 unspecified atom stereocenters. The molecule has 1 aromatic carbocycles. The number of nitrogens with zero attached hydrogens (tertiary/aromatic N) is 3. The summed E-state index contributed by atoms with van der Waals surface area (Å²) in [6.07, 6.45) is 0.946. The summed E-state index contributed by atoms with van der Waals surface area (Å²) in [7, 11) is 0. The number of non-ortho nitro benzene ring substituents is 1. The van der Waals surface area contributed by atoms with E-state index < -0.39 is 0 Å². The topological polar surface area (TPSA) is 81.0 Å². The van der Waals surface area contributed by atoms with E-state index in [1.807, 2.05) is 6.92 Å². The number of aromatic nitrogens is 2. The van der Waals surface area contributed by atoms with Gasteiger partial charge in [0.15, 0.2) is 0 Å². The molecule has 0 radical (unpaired) electrons. The lowest BCUT2D eigenvalue weighted by Gasteiger charge is -2.11. The lowest BCUT2D eigenvalue weighted by Crippen LogP contribution is -2.19. The molecule has 0 saturated heterocycles. The van der Waals surface area contributed by atoms with Gasteiger partial charge in [0.05, 0.1) is 11.0 Å². The number of nitro groups is 1. The summed E-state index contributed by atoms with van der Waals surface area (Å²) >= 11 is 1.53. The van der Waals surface area contributed by atoms with Crippen LogP contribution in [0.1, 0.15) is 36.9 Å². The van der Waals surface area contributed by atoms with Crippen molar-refractivity contribution < 1.29 is 4.92 Å². The monoisotopic (exact) mass is 306 g/mol. The number of aryl methyl sites for hydroxylation is 1. The Morgan fingerprint density at radius 3 is 2.71 bits per heavy atom. The first-order chi connectivity index (χ1) is 10.1. The number of nitro benzene ring substituents is 1. The summed E-state index contributed by atoms with van der Waals surface area (Å²) < 4.78 is 0. The second-order valence-electron chi connectivity index (χ2n) is 4.72. The lowest BCUT2D eigenvalue weighted by atomic mass is 10.1. The Labute approximate surface area is 127 Å². The second kappa shape index (κ2) is 6.73. The van der Waals surface area contributed by atoms with Crippen molar-refractivity contribution in [1.82, 2.24) is 15.5 Å². The number of hydrogen-bond donors (Lipinski definition) is 1. The molecular formula is C14H18N4O2S. The van der Waals surface area contributed by atoms with Gasteiger partial charge in [-0.3, -0.25) is 10.1 Å². The highest BCUT2D eigenvalue weighted by Crippen LogP contribution is 2.31. The third-order valence-corrected chi connectivity index (χ3v) is 4.32. The largest absolute Gasteiger partial charge is 0.308 e. The van der Waals surface area contributed by atoms with Crippen molar-refractivity contribution in [2.24, 2.45) is 0 Å². The van der Waals surface area contributed by atoms with Crippen molar-refractivity contribution in [1.29, 1.82) is 0 Å². The molecule has 0 bridgehead atoms. The van der Waals surface area contributed by atoms with Crippen LogP contribution in [0.5, 0.6) is 0 Å². The van der Waals surface area contributed by atoms with Gasteiger partial charge in [0.1, 0.15) is 10.0 Å². The van der Waals surface area contributed by atoms with E-state index in [0.717, 1.165) is 34.1 Å². The molecule has 0 spiro atoms. The smallest absolute Gasteiger partial charge is 0.269 e. The lowest BCUT2D eigenvalue weighted by molar-refractivity contribution is -0.384. The van der Waals surface area contributed by atoms with Crippen molar-refractivity contribution in [3.63, 3.8) is 0 Å². The number of benzene rings is 1. The third-order valence-electron chi connectivity index (χ3n) is 3.25. The van der Waals surface area contributed by atoms with Crippen LogP contribution in [0.25, 0.3) is 10.6 Å². The fraction of sp³-hybridized carbons (Fsp3) is 0.429. The molecule has 1 N–H and O–H groups in total. The van der Waals surface area contributed by atoms with Crippen LogP contribution in [0.15, 0.2) is 18.2 Å². The Bertz CT molecular complexity index is 642. The Kier molecular flexibility index (Phi) is 4.98. The molecule has 0 aliphatic carbocycles. The molecule has 1 heterocycles. The average Bonchev–Trinajstić information content (AvgIpc) is 2.93. The Hall–Kier alpha value is -1.86. The normalized spacial score (nSPS) is 12.3. The fourth-order valence-corrected chi connectivity index (χ4v) is 3.23. The van der Waals surface area contributed by atoms with Gasteiger partial charge in [0.25, 0.3) is 5.69 Å². The van der Waals surface area contributed by atoms with Crippen LogP contribution < -0.4 is 5.32 Å². The number of rotatable bonds is 6. The van der Waals surface area contributed by atoms with E-state index in [4.69, 9.17) is 0 Å². The van der Waals surface area contributed by atoms with Gasteiger partial charge >= 0.3 is 0 Å². The van der Waals surface area contributed by atoms with E-state index in [1.54, 1.807) is 12.1 Å². The Balaban J connectivity index is 2.31. The van der Waals surface area contributed by atoms with Crippen molar-refractivity contribution >= 4 is 17.0 Å². The van der Waals surface area contributed by atoms with Crippen LogP contribution in [-0.4, -0.2) is 21.7 Å². The molecule has 2 rings (SSSR count). The van der Waals surface area contributed by atoms with Crippen molar-refractivity contribution in [2.45, 2.75) is 33.2 Å². The molecule has 0 aliphatic heterocycles. The zero-order valence-electron chi connectivity index (χ0n) is 12.3. The van der Waals surface area contributed by atoms with Crippen LogP contribution in [0.4, 0.5) is 5.69 Å². The zero-order valence-corrected chi connectivity index (χ0v) is 13.1. The minimum absolute atomic E-state index is 0.0973. The van der Waals surface area contributed by atoms with Gasteiger partial charge in [-0.1, -0.05) is 25.2 Å². The molecule has 2 aromatic rings. The molecule has 0 aliphatic rings. The molecule has 0 amide bonds. The quantitative estimate of drug-likeness (QED) is 0.652. The molecule has 112 valence electrons. The maximum atomic E-state index is 10.8. The maximum Gasteiger partial charge on any atom is 0.269 e. The van der Waals surface area contributed by atoms with Crippen molar-refractivity contribution in [3.05, 3.63) is 38.9 Å². The average molecular weight is 306 g/mol. The van der Waals surface area contributed by atoms with Gasteiger partial charge in [-0.25, -0.2) is 0 Å². The van der Waals surface area contributed by atoms with Gasteiger partial charge < -0.3 is 5.32 Å². The van der Waals surface area contributed by atoms with E-state index in [2.05, 4.69) is 29.4 Å². The second-order valence-corrected chi connectivity index (χ2v) is 5.73. The molecule has 1 aromatic heterocycles. The highest BCUT2D eigenvalue weighted by molar-refractivity contribution is 7.14. The van der Waals surface area contributed by atoms with Gasteiger partial charge in [0, 0.05) is 17.7 Å². The van der Waals surface area contributed by atoms with Crippen LogP contribution in [0, 0.1) is 17.0 Å². The highest BCUT2D eigenvalue weighted by atomic mass is 32.1. The highest BCUT2D eigenvalue weighted by Gasteiger charge is 2.17. The van der Waals surface area contributed by atoms with Crippen LogP contribution in [0.3, 0.4) is 0 Å². The van der Waals surface area contributed by atoms with Crippen molar-refractivity contribution in [2.75, 3.05) is 6.54 Å². The van der Waals surface area contributed by atoms with Gasteiger partial charge in [-0.15, -0.1) is 10.2 Å². The van der Waals surface area contributed by atoms with Crippen molar-refractivity contribution in [3.8, 4) is 10.6 Å². The summed E-state index contributed by atoms with van der Waals surface area (Å²) in [5.41, 5.74) is 1.83. The zero-order chi connectivity index (χ0) is 15.4. The number of hydrogen-bond acceptors (Lipinski definition) is 6. The summed E-state index contributed by atoms with van der Waals surface area (Å²) in [5.74, 6) is 0. The molecule has 21 heavy (non-hydrogen) atoms. The summed E-state index contributed by atoms with van der Waals surface area (Å²) in [4.78, 5) is 10.4. The third kappa shape index (κ3) is 3.43. The van der Waals surface area contributed by atoms with Gasteiger partial charge in [-0.05, 0) is 31.5 Å². The SMILES string of the molecule is CCNC(CC)c1nnc(-c2ccc([N+](=O)[O-])cc2C)s1. The standard InChI is InChI=1S/C14H18N4O2S/c1-4-12(15-5-2)14-17-16-13(21-14)11-7-6-10(18(19)20)8-9(11)3/h6-8,12,15H,4-5H2,1-3H3. The van der Waals surface area contributed by atoms with Gasteiger partial charge in [0.2, 0.25) is 0 Å². The molecular weight excluding hydrogens is 288 g/mol. The van der Waals surface area contributed by atoms with E-state index in [-0.39, 0.29) is 16.7 Å². The van der Waals surface area contributed by atoms with Crippen LogP contribution in [0.2, 0.25) is 0 Å². The maximum absolute atomic E-state index is 10.8. The molecule has 0 fully saturated rings. The fourth-order valence-electron chi connectivity index (χ4n) is 2.14. The summed E-state index contributed by atoms with van der Waals surface area (Å²) in [5, 5.41) is 24.4. The molecule has 7 heteroatoms. The summed E-state index contributed by atoms with van der Waals surface area (Å²) in [6.45, 7) is 6.89. The molecule has 1 atom stereocenters. The predicted octanol–water partition coefficient (Wildman–Crippen LogP) is 3.48. The number of nitrogens with one attached hydrogen (secondary N) is 1. The Morgan fingerprint density at radius 2 is 2.14 bits per heavy atom. The van der Waals surface area contributed by atoms with E-state index in [9.17, 15) is 10.1 Å². The first-order valence-corrected chi connectivity index (χ1v) is 7.70. The van der Waals surface area contributed by atoms with Gasteiger partial charge in [-0.2, -0.15) is 0 Å². The van der Waals surface area contributed by atoms with Crippen LogP contribution >= 0.6 is 11.3 Å². The molecule has 6 nitrogen and oxygen atoms in total. The van der Waals surface area contributed by atoms with E-state index >= 15 is 0 Å². The minimum Gasteiger partial charge on any atom is -0.308 e. The van der Waals surface area contributed by atoms with E-state index in [0.29, 0.717) is 0 Å². The Morgan fingerprint density at radius 1 is 1.38 bits per heavy atom.